The van der Waals surface area contributed by atoms with Crippen LogP contribution in [0, 0.1) is 0 Å². The molecule has 0 aliphatic carbocycles. The normalized spacial score (nSPS) is 13.2. The van der Waals surface area contributed by atoms with Gasteiger partial charge in [-0.2, -0.15) is 5.10 Å². The number of aromatic nitrogens is 5. The zero-order chi connectivity index (χ0) is 22.1. The molecule has 5 rings (SSSR count). The van der Waals surface area contributed by atoms with Crippen LogP contribution in [0.2, 0.25) is 0 Å². The third kappa shape index (κ3) is 3.93. The Hall–Kier alpha value is -3.39. The van der Waals surface area contributed by atoms with E-state index in [1.165, 1.54) is 22.9 Å². The Morgan fingerprint density at radius 3 is 2.56 bits per heavy atom. The Bertz CT molecular complexity index is 1260. The van der Waals surface area contributed by atoms with Crippen LogP contribution in [0.4, 0.5) is 0 Å². The number of fused-ring (bicyclic) bond motifs is 1. The molecule has 0 saturated heterocycles. The first kappa shape index (κ1) is 20.5. The predicted octanol–water partition coefficient (Wildman–Crippen LogP) is 3.56. The second-order valence-electron chi connectivity index (χ2n) is 7.92. The zero-order valence-corrected chi connectivity index (χ0v) is 18.9. The van der Waals surface area contributed by atoms with Crippen molar-refractivity contribution in [1.29, 1.82) is 0 Å². The fourth-order valence-electron chi connectivity index (χ4n) is 4.06. The van der Waals surface area contributed by atoms with Gasteiger partial charge in [0, 0.05) is 38.9 Å². The summed E-state index contributed by atoms with van der Waals surface area (Å²) in [4.78, 5) is 14.8. The van der Waals surface area contributed by atoms with E-state index in [1.807, 2.05) is 66.2 Å². The first-order chi connectivity index (χ1) is 15.6. The fourth-order valence-corrected chi connectivity index (χ4v) is 4.88. The van der Waals surface area contributed by atoms with Gasteiger partial charge >= 0.3 is 0 Å². The molecule has 8 heteroatoms. The van der Waals surface area contributed by atoms with Gasteiger partial charge in [-0.05, 0) is 17.5 Å². The number of benzene rings is 2. The lowest BCUT2D eigenvalue weighted by molar-refractivity contribution is -0.129. The molecule has 162 valence electrons. The molecule has 1 aliphatic rings. The van der Waals surface area contributed by atoms with Gasteiger partial charge in [0.1, 0.15) is 5.69 Å². The second kappa shape index (κ2) is 8.63. The Morgan fingerprint density at radius 1 is 1.00 bits per heavy atom. The van der Waals surface area contributed by atoms with Crippen LogP contribution in [-0.4, -0.2) is 47.6 Å². The summed E-state index contributed by atoms with van der Waals surface area (Å²) < 4.78 is 3.73. The molecule has 0 unspecified atom stereocenters. The van der Waals surface area contributed by atoms with Crippen LogP contribution in [0.3, 0.4) is 0 Å². The molecular formula is C24H24N6OS. The van der Waals surface area contributed by atoms with Crippen molar-refractivity contribution >= 4 is 17.7 Å². The quantitative estimate of drug-likeness (QED) is 0.440. The lowest BCUT2D eigenvalue weighted by Crippen LogP contribution is -2.37. The van der Waals surface area contributed by atoms with Gasteiger partial charge in [-0.15, -0.1) is 10.2 Å². The first-order valence-corrected chi connectivity index (χ1v) is 11.5. The number of rotatable bonds is 5. The van der Waals surface area contributed by atoms with Crippen LogP contribution in [0.15, 0.2) is 66.0 Å². The Morgan fingerprint density at radius 2 is 1.75 bits per heavy atom. The lowest BCUT2D eigenvalue weighted by Gasteiger charge is -2.28. The average molecular weight is 445 g/mol. The third-order valence-electron chi connectivity index (χ3n) is 5.76. The van der Waals surface area contributed by atoms with Crippen LogP contribution in [-0.2, 0) is 31.9 Å². The van der Waals surface area contributed by atoms with Crippen molar-refractivity contribution in [2.75, 3.05) is 12.3 Å². The number of hydrogen-bond acceptors (Lipinski definition) is 5. The minimum atomic E-state index is 0.125. The highest BCUT2D eigenvalue weighted by Crippen LogP contribution is 2.31. The number of carbonyl (C=O) groups is 1. The lowest BCUT2D eigenvalue weighted by atomic mass is 10.00. The van der Waals surface area contributed by atoms with E-state index in [0.29, 0.717) is 17.5 Å². The van der Waals surface area contributed by atoms with Crippen molar-refractivity contribution in [2.45, 2.75) is 18.1 Å². The van der Waals surface area contributed by atoms with Crippen LogP contribution in [0.25, 0.3) is 22.6 Å². The number of amides is 1. The van der Waals surface area contributed by atoms with Gasteiger partial charge in [-0.25, -0.2) is 0 Å². The van der Waals surface area contributed by atoms with Crippen LogP contribution >= 0.6 is 11.8 Å². The SMILES string of the molecule is Cn1cc(-c2nnc(SCC(=O)N3CCc4ccccc4C3)n2C)c(-c2ccccc2)n1. The topological polar surface area (TPSA) is 68.8 Å². The molecule has 0 saturated carbocycles. The molecule has 0 spiro atoms. The molecule has 0 N–H and O–H groups in total. The van der Waals surface area contributed by atoms with Crippen LogP contribution in [0.1, 0.15) is 11.1 Å². The molecule has 0 radical (unpaired) electrons. The number of carbonyl (C=O) groups excluding carboxylic acids is 1. The largest absolute Gasteiger partial charge is 0.337 e. The zero-order valence-electron chi connectivity index (χ0n) is 18.1. The maximum Gasteiger partial charge on any atom is 0.233 e. The summed E-state index contributed by atoms with van der Waals surface area (Å²) >= 11 is 1.43. The van der Waals surface area contributed by atoms with E-state index in [0.717, 1.165) is 35.6 Å². The number of aryl methyl sites for hydroxylation is 1. The number of nitrogens with zero attached hydrogens (tertiary/aromatic N) is 6. The highest BCUT2D eigenvalue weighted by atomic mass is 32.2. The van der Waals surface area contributed by atoms with E-state index in [9.17, 15) is 4.79 Å². The minimum absolute atomic E-state index is 0.125. The molecule has 1 amide bonds. The first-order valence-electron chi connectivity index (χ1n) is 10.6. The van der Waals surface area contributed by atoms with Gasteiger partial charge in [-0.3, -0.25) is 9.48 Å². The van der Waals surface area contributed by atoms with Gasteiger partial charge in [0.05, 0.1) is 11.3 Å². The summed E-state index contributed by atoms with van der Waals surface area (Å²) in [6.07, 6.45) is 2.86. The smallest absolute Gasteiger partial charge is 0.233 e. The summed E-state index contributed by atoms with van der Waals surface area (Å²) in [7, 11) is 3.83. The van der Waals surface area contributed by atoms with Crippen molar-refractivity contribution in [3.05, 3.63) is 71.9 Å². The standard InChI is InChI=1S/C24H24N6OS/c1-28-15-20(22(27-28)18-9-4-3-5-10-18)23-25-26-24(29(23)2)32-16-21(31)30-13-12-17-8-6-7-11-19(17)14-30/h3-11,15H,12-14,16H2,1-2H3. The highest BCUT2D eigenvalue weighted by Gasteiger charge is 2.22. The van der Waals surface area contributed by atoms with Gasteiger partial charge in [0.2, 0.25) is 5.91 Å². The van der Waals surface area contributed by atoms with Crippen molar-refractivity contribution in [3.63, 3.8) is 0 Å². The monoisotopic (exact) mass is 444 g/mol. The minimum Gasteiger partial charge on any atom is -0.337 e. The Balaban J connectivity index is 1.31. The van der Waals surface area contributed by atoms with Gasteiger partial charge < -0.3 is 9.47 Å². The van der Waals surface area contributed by atoms with Crippen LogP contribution < -0.4 is 0 Å². The summed E-state index contributed by atoms with van der Waals surface area (Å²) in [6, 6.07) is 18.4. The molecular weight excluding hydrogens is 420 g/mol. The van der Waals surface area contributed by atoms with Gasteiger partial charge in [0.15, 0.2) is 11.0 Å². The summed E-state index contributed by atoms with van der Waals surface area (Å²) in [6.45, 7) is 1.44. The molecule has 2 aromatic carbocycles. The number of thioether (sulfide) groups is 1. The summed E-state index contributed by atoms with van der Waals surface area (Å²) in [5.41, 5.74) is 5.39. The maximum absolute atomic E-state index is 12.8. The van der Waals surface area contributed by atoms with E-state index in [2.05, 4.69) is 33.5 Å². The maximum atomic E-state index is 12.8. The van der Waals surface area contributed by atoms with E-state index in [-0.39, 0.29) is 5.91 Å². The average Bonchev–Trinajstić information content (AvgIpc) is 3.39. The molecule has 7 nitrogen and oxygen atoms in total. The molecule has 3 heterocycles. The van der Waals surface area contributed by atoms with E-state index in [1.54, 1.807) is 4.68 Å². The molecule has 0 bridgehead atoms. The third-order valence-corrected chi connectivity index (χ3v) is 6.76. The molecule has 2 aromatic heterocycles. The van der Waals surface area contributed by atoms with E-state index < -0.39 is 0 Å². The molecule has 0 fully saturated rings. The summed E-state index contributed by atoms with van der Waals surface area (Å²) in [5.74, 6) is 1.20. The highest BCUT2D eigenvalue weighted by molar-refractivity contribution is 7.99. The van der Waals surface area contributed by atoms with Crippen molar-refractivity contribution in [2.24, 2.45) is 14.1 Å². The molecule has 0 atom stereocenters. The second-order valence-corrected chi connectivity index (χ2v) is 8.86. The fraction of sp³-hybridized carbons (Fsp3) is 0.250. The number of hydrogen-bond donors (Lipinski definition) is 0. The van der Waals surface area contributed by atoms with E-state index in [4.69, 9.17) is 0 Å². The van der Waals surface area contributed by atoms with Crippen molar-refractivity contribution in [1.82, 2.24) is 29.4 Å². The molecule has 4 aromatic rings. The van der Waals surface area contributed by atoms with Gasteiger partial charge in [0.25, 0.3) is 0 Å². The summed E-state index contributed by atoms with van der Waals surface area (Å²) in [5, 5.41) is 14.1. The van der Waals surface area contributed by atoms with Crippen LogP contribution in [0.5, 0.6) is 0 Å². The van der Waals surface area contributed by atoms with Crippen molar-refractivity contribution < 1.29 is 4.79 Å². The predicted molar refractivity (Wildman–Crippen MR) is 125 cm³/mol. The Labute approximate surface area is 191 Å². The van der Waals surface area contributed by atoms with E-state index >= 15 is 0 Å². The van der Waals surface area contributed by atoms with Crippen molar-refractivity contribution in [3.8, 4) is 22.6 Å². The van der Waals surface area contributed by atoms with Gasteiger partial charge in [-0.1, -0.05) is 66.4 Å². The molecule has 1 aliphatic heterocycles. The Kier molecular flexibility index (Phi) is 5.53. The molecule has 32 heavy (non-hydrogen) atoms.